The lowest BCUT2D eigenvalue weighted by molar-refractivity contribution is -0.141. The molecule has 0 aromatic heterocycles. The van der Waals surface area contributed by atoms with Crippen molar-refractivity contribution in [3.05, 3.63) is 29.8 Å². The van der Waals surface area contributed by atoms with Gasteiger partial charge in [0.15, 0.2) is 0 Å². The highest BCUT2D eigenvalue weighted by molar-refractivity contribution is 5.89. The molecular weight excluding hydrogens is 232 g/mol. The molecule has 0 bridgehead atoms. The van der Waals surface area contributed by atoms with Gasteiger partial charge in [0.25, 0.3) is 0 Å². The van der Waals surface area contributed by atoms with Crippen molar-refractivity contribution in [3.8, 4) is 0 Å². The summed E-state index contributed by atoms with van der Waals surface area (Å²) >= 11 is 0. The summed E-state index contributed by atoms with van der Waals surface area (Å²) in [6, 6.07) is 7.08. The largest absolute Gasteiger partial charge is 0.468 e. The number of benzene rings is 1. The van der Waals surface area contributed by atoms with Crippen LogP contribution in [0, 0.1) is 0 Å². The van der Waals surface area contributed by atoms with E-state index in [9.17, 15) is 9.59 Å². The number of nitrogens with two attached hydrogens (primary N) is 1. The molecular formula is C13H18N2O3. The van der Waals surface area contributed by atoms with Gasteiger partial charge in [-0.05, 0) is 31.5 Å². The third-order valence-corrected chi connectivity index (χ3v) is 2.82. The van der Waals surface area contributed by atoms with E-state index < -0.39 is 11.4 Å². The smallest absolute Gasteiger partial charge is 0.325 e. The average Bonchev–Trinajstić information content (AvgIpc) is 2.35. The Morgan fingerprint density at radius 2 is 1.83 bits per heavy atom. The Morgan fingerprint density at radius 3 is 2.33 bits per heavy atom. The standard InChI is InChI=1S/C13H18N2O3/c1-13(2,9-4-6-10(14)7-5-9)12(17)15-8-11(16)18-3/h4-7H,8,14H2,1-3H3,(H,15,17). The average molecular weight is 250 g/mol. The summed E-state index contributed by atoms with van der Waals surface area (Å²) < 4.78 is 4.46. The fourth-order valence-corrected chi connectivity index (χ4v) is 1.48. The zero-order valence-electron chi connectivity index (χ0n) is 10.8. The van der Waals surface area contributed by atoms with Gasteiger partial charge in [0.1, 0.15) is 6.54 Å². The number of rotatable bonds is 4. The highest BCUT2D eigenvalue weighted by Gasteiger charge is 2.29. The van der Waals surface area contributed by atoms with Crippen LogP contribution in [0.1, 0.15) is 19.4 Å². The van der Waals surface area contributed by atoms with Crippen LogP contribution in [0.5, 0.6) is 0 Å². The quantitative estimate of drug-likeness (QED) is 0.612. The number of amides is 1. The molecule has 0 aliphatic heterocycles. The second kappa shape index (κ2) is 5.53. The molecule has 1 aromatic carbocycles. The minimum Gasteiger partial charge on any atom is -0.468 e. The highest BCUT2D eigenvalue weighted by Crippen LogP contribution is 2.24. The monoisotopic (exact) mass is 250 g/mol. The molecule has 5 heteroatoms. The summed E-state index contributed by atoms with van der Waals surface area (Å²) in [6.45, 7) is 3.43. The third kappa shape index (κ3) is 3.23. The Hall–Kier alpha value is -2.04. The van der Waals surface area contributed by atoms with E-state index in [1.807, 2.05) is 0 Å². The molecule has 0 spiro atoms. The molecule has 0 aliphatic rings. The number of nitrogens with one attached hydrogen (secondary N) is 1. The lowest BCUT2D eigenvalue weighted by Crippen LogP contribution is -2.42. The number of hydrogen-bond donors (Lipinski definition) is 2. The third-order valence-electron chi connectivity index (χ3n) is 2.82. The van der Waals surface area contributed by atoms with Crippen molar-refractivity contribution >= 4 is 17.6 Å². The Kier molecular flexibility index (Phi) is 4.31. The summed E-state index contributed by atoms with van der Waals surface area (Å²) in [5.74, 6) is -0.714. The van der Waals surface area contributed by atoms with Crippen LogP contribution in [-0.2, 0) is 19.7 Å². The molecule has 1 rings (SSSR count). The first-order valence-electron chi connectivity index (χ1n) is 5.59. The lowest BCUT2D eigenvalue weighted by atomic mass is 9.83. The molecule has 1 amide bonds. The van der Waals surface area contributed by atoms with Crippen molar-refractivity contribution in [1.82, 2.24) is 5.32 Å². The minimum absolute atomic E-state index is 0.131. The van der Waals surface area contributed by atoms with E-state index >= 15 is 0 Å². The van der Waals surface area contributed by atoms with Crippen molar-refractivity contribution in [2.24, 2.45) is 0 Å². The molecule has 0 saturated carbocycles. The summed E-state index contributed by atoms with van der Waals surface area (Å²) in [7, 11) is 1.28. The van der Waals surface area contributed by atoms with Crippen LogP contribution >= 0.6 is 0 Å². The molecule has 0 fully saturated rings. The minimum atomic E-state index is -0.734. The topological polar surface area (TPSA) is 81.4 Å². The number of nitrogen functional groups attached to an aromatic ring is 1. The lowest BCUT2D eigenvalue weighted by Gasteiger charge is -2.24. The first-order chi connectivity index (χ1) is 8.37. The predicted octanol–water partition coefficient (Wildman–Crippen LogP) is 0.836. The summed E-state index contributed by atoms with van der Waals surface area (Å²) in [5.41, 5.74) is 6.34. The summed E-state index contributed by atoms with van der Waals surface area (Å²) in [6.07, 6.45) is 0. The van der Waals surface area contributed by atoms with Crippen molar-refractivity contribution in [2.45, 2.75) is 19.3 Å². The molecule has 3 N–H and O–H groups in total. The molecule has 0 atom stereocenters. The maximum absolute atomic E-state index is 12.0. The normalized spacial score (nSPS) is 10.8. The zero-order valence-corrected chi connectivity index (χ0v) is 10.8. The van der Waals surface area contributed by atoms with Crippen molar-refractivity contribution in [1.29, 1.82) is 0 Å². The van der Waals surface area contributed by atoms with Crippen LogP contribution in [0.15, 0.2) is 24.3 Å². The van der Waals surface area contributed by atoms with E-state index in [0.717, 1.165) is 5.56 Å². The van der Waals surface area contributed by atoms with E-state index in [0.29, 0.717) is 5.69 Å². The van der Waals surface area contributed by atoms with Gasteiger partial charge in [-0.1, -0.05) is 12.1 Å². The van der Waals surface area contributed by atoms with Crippen LogP contribution in [0.25, 0.3) is 0 Å². The first kappa shape index (κ1) is 14.0. The second-order valence-corrected chi connectivity index (χ2v) is 4.51. The molecule has 0 heterocycles. The van der Waals surface area contributed by atoms with Gasteiger partial charge in [0, 0.05) is 5.69 Å². The van der Waals surface area contributed by atoms with Crippen LogP contribution in [0.3, 0.4) is 0 Å². The summed E-state index contributed by atoms with van der Waals surface area (Å²) in [4.78, 5) is 23.0. The fourth-order valence-electron chi connectivity index (χ4n) is 1.48. The number of methoxy groups -OCH3 is 1. The number of ether oxygens (including phenoxy) is 1. The number of carbonyl (C=O) groups is 2. The van der Waals surface area contributed by atoms with E-state index in [1.165, 1.54) is 7.11 Å². The van der Waals surface area contributed by atoms with Crippen molar-refractivity contribution in [2.75, 3.05) is 19.4 Å². The molecule has 5 nitrogen and oxygen atoms in total. The maximum Gasteiger partial charge on any atom is 0.325 e. The molecule has 0 unspecified atom stereocenters. The van der Waals surface area contributed by atoms with Crippen molar-refractivity contribution in [3.63, 3.8) is 0 Å². The molecule has 18 heavy (non-hydrogen) atoms. The Bertz CT molecular complexity index is 438. The van der Waals surface area contributed by atoms with E-state index in [-0.39, 0.29) is 12.5 Å². The molecule has 0 aliphatic carbocycles. The van der Waals surface area contributed by atoms with Gasteiger partial charge in [-0.15, -0.1) is 0 Å². The maximum atomic E-state index is 12.0. The van der Waals surface area contributed by atoms with E-state index in [2.05, 4.69) is 10.1 Å². The number of esters is 1. The van der Waals surface area contributed by atoms with Gasteiger partial charge in [-0.3, -0.25) is 9.59 Å². The van der Waals surface area contributed by atoms with E-state index in [1.54, 1.807) is 38.1 Å². The highest BCUT2D eigenvalue weighted by atomic mass is 16.5. The number of carbonyl (C=O) groups excluding carboxylic acids is 2. The predicted molar refractivity (Wildman–Crippen MR) is 68.9 cm³/mol. The van der Waals surface area contributed by atoms with Gasteiger partial charge in [-0.2, -0.15) is 0 Å². The van der Waals surface area contributed by atoms with Gasteiger partial charge < -0.3 is 15.8 Å². The Morgan fingerprint density at radius 1 is 1.28 bits per heavy atom. The van der Waals surface area contributed by atoms with Crippen molar-refractivity contribution < 1.29 is 14.3 Å². The molecule has 98 valence electrons. The van der Waals surface area contributed by atoms with Crippen LogP contribution in [0.2, 0.25) is 0 Å². The van der Waals surface area contributed by atoms with E-state index in [4.69, 9.17) is 5.73 Å². The summed E-state index contributed by atoms with van der Waals surface area (Å²) in [5, 5.41) is 2.54. The Labute approximate surface area is 106 Å². The van der Waals surface area contributed by atoms with Gasteiger partial charge in [-0.25, -0.2) is 0 Å². The fraction of sp³-hybridized carbons (Fsp3) is 0.385. The first-order valence-corrected chi connectivity index (χ1v) is 5.59. The van der Waals surface area contributed by atoms with Crippen LogP contribution in [0.4, 0.5) is 5.69 Å². The number of hydrogen-bond acceptors (Lipinski definition) is 4. The van der Waals surface area contributed by atoms with Gasteiger partial charge in [0.05, 0.1) is 12.5 Å². The van der Waals surface area contributed by atoms with Crippen LogP contribution < -0.4 is 11.1 Å². The molecule has 0 radical (unpaired) electrons. The zero-order chi connectivity index (χ0) is 13.8. The molecule has 1 aromatic rings. The second-order valence-electron chi connectivity index (χ2n) is 4.51. The SMILES string of the molecule is COC(=O)CNC(=O)C(C)(C)c1ccc(N)cc1. The van der Waals surface area contributed by atoms with Crippen LogP contribution in [-0.4, -0.2) is 25.5 Å². The van der Waals surface area contributed by atoms with Gasteiger partial charge >= 0.3 is 5.97 Å². The van der Waals surface area contributed by atoms with Gasteiger partial charge in [0.2, 0.25) is 5.91 Å². The molecule has 0 saturated heterocycles. The number of anilines is 1. The Balaban J connectivity index is 2.76.